The molecule has 110 valence electrons. The third kappa shape index (κ3) is 3.31. The van der Waals surface area contributed by atoms with E-state index in [1.807, 2.05) is 19.1 Å². The minimum Gasteiger partial charge on any atom is -0.494 e. The van der Waals surface area contributed by atoms with Crippen molar-refractivity contribution in [3.8, 4) is 5.75 Å². The zero-order valence-corrected chi connectivity index (χ0v) is 12.3. The molecule has 1 fully saturated rings. The van der Waals surface area contributed by atoms with E-state index >= 15 is 0 Å². The van der Waals surface area contributed by atoms with Gasteiger partial charge in [0.25, 0.3) is 5.91 Å². The molecule has 1 aromatic carbocycles. The lowest BCUT2D eigenvalue weighted by atomic mass is 9.90. The monoisotopic (exact) mass is 277 g/mol. The minimum atomic E-state index is -0.682. The Hall–Kier alpha value is -1.55. The van der Waals surface area contributed by atoms with Gasteiger partial charge in [-0.2, -0.15) is 0 Å². The molecule has 0 saturated carbocycles. The van der Waals surface area contributed by atoms with E-state index in [4.69, 9.17) is 4.74 Å². The summed E-state index contributed by atoms with van der Waals surface area (Å²) in [5.74, 6) is 0.770. The highest BCUT2D eigenvalue weighted by atomic mass is 16.5. The van der Waals surface area contributed by atoms with Gasteiger partial charge < -0.3 is 14.7 Å². The minimum absolute atomic E-state index is 0.0248. The van der Waals surface area contributed by atoms with Crippen LogP contribution in [0.2, 0.25) is 0 Å². The molecule has 1 N–H and O–H groups in total. The number of nitrogens with zero attached hydrogens (tertiary/aromatic N) is 1. The molecule has 1 aliphatic heterocycles. The number of unbranched alkanes of at least 4 members (excludes halogenated alkanes) is 1. The number of likely N-dealkylation sites (tertiary alicyclic amines) is 1. The van der Waals surface area contributed by atoms with Crippen LogP contribution in [-0.2, 0) is 0 Å². The third-order valence-corrected chi connectivity index (χ3v) is 3.78. The average molecular weight is 277 g/mol. The molecule has 0 atom stereocenters. The first-order valence-corrected chi connectivity index (χ1v) is 7.32. The molecule has 0 bridgehead atoms. The van der Waals surface area contributed by atoms with Gasteiger partial charge in [-0.1, -0.05) is 20.3 Å². The fourth-order valence-corrected chi connectivity index (χ4v) is 2.24. The summed E-state index contributed by atoms with van der Waals surface area (Å²) < 4.78 is 5.57. The highest BCUT2D eigenvalue weighted by molar-refractivity contribution is 5.95. The Balaban J connectivity index is 1.88. The summed E-state index contributed by atoms with van der Waals surface area (Å²) in [7, 11) is 0. The number of hydrogen-bond donors (Lipinski definition) is 1. The van der Waals surface area contributed by atoms with Gasteiger partial charge in [-0.3, -0.25) is 4.79 Å². The topological polar surface area (TPSA) is 49.8 Å². The number of carbonyl (C=O) groups is 1. The second-order valence-corrected chi connectivity index (χ2v) is 5.47. The second-order valence-electron chi connectivity index (χ2n) is 5.47. The number of aliphatic hydroxyl groups is 1. The largest absolute Gasteiger partial charge is 0.494 e. The predicted octanol–water partition coefficient (Wildman–Crippen LogP) is 2.46. The SMILES string of the molecule is CCCCOc1ccc(C(=O)N2CC(O)(CC)C2)cc1. The maximum Gasteiger partial charge on any atom is 0.254 e. The Bertz CT molecular complexity index is 449. The summed E-state index contributed by atoms with van der Waals surface area (Å²) in [6.07, 6.45) is 2.82. The van der Waals surface area contributed by atoms with Crippen molar-refractivity contribution in [2.24, 2.45) is 0 Å². The average Bonchev–Trinajstić information content (AvgIpc) is 2.44. The van der Waals surface area contributed by atoms with Crippen LogP contribution in [0.25, 0.3) is 0 Å². The van der Waals surface area contributed by atoms with Crippen LogP contribution in [0.1, 0.15) is 43.5 Å². The molecular formula is C16H23NO3. The third-order valence-electron chi connectivity index (χ3n) is 3.78. The maximum absolute atomic E-state index is 12.2. The summed E-state index contributed by atoms with van der Waals surface area (Å²) in [4.78, 5) is 13.9. The summed E-state index contributed by atoms with van der Waals surface area (Å²) in [6.45, 7) is 5.62. The van der Waals surface area contributed by atoms with Crippen LogP contribution in [0.15, 0.2) is 24.3 Å². The van der Waals surface area contributed by atoms with Crippen molar-refractivity contribution in [2.45, 2.75) is 38.7 Å². The van der Waals surface area contributed by atoms with E-state index in [1.165, 1.54) is 0 Å². The van der Waals surface area contributed by atoms with E-state index in [-0.39, 0.29) is 5.91 Å². The smallest absolute Gasteiger partial charge is 0.254 e. The molecule has 0 aromatic heterocycles. The molecular weight excluding hydrogens is 254 g/mol. The van der Waals surface area contributed by atoms with Crippen molar-refractivity contribution >= 4 is 5.91 Å². The zero-order chi connectivity index (χ0) is 14.6. The molecule has 0 unspecified atom stereocenters. The molecule has 2 rings (SSSR count). The molecule has 1 amide bonds. The Morgan fingerprint density at radius 3 is 2.50 bits per heavy atom. The highest BCUT2D eigenvalue weighted by Crippen LogP contribution is 2.26. The fourth-order valence-electron chi connectivity index (χ4n) is 2.24. The van der Waals surface area contributed by atoms with Gasteiger partial charge in [0.15, 0.2) is 0 Å². The maximum atomic E-state index is 12.2. The molecule has 0 spiro atoms. The molecule has 1 aromatic rings. The number of ether oxygens (including phenoxy) is 1. The van der Waals surface area contributed by atoms with E-state index in [0.29, 0.717) is 31.7 Å². The number of carbonyl (C=O) groups excluding carboxylic acids is 1. The second kappa shape index (κ2) is 6.27. The molecule has 0 radical (unpaired) electrons. The van der Waals surface area contributed by atoms with Gasteiger partial charge in [-0.05, 0) is 37.1 Å². The number of amides is 1. The molecule has 1 saturated heterocycles. The molecule has 20 heavy (non-hydrogen) atoms. The van der Waals surface area contributed by atoms with E-state index in [1.54, 1.807) is 17.0 Å². The van der Waals surface area contributed by atoms with Crippen LogP contribution in [-0.4, -0.2) is 41.2 Å². The molecule has 1 aliphatic rings. The molecule has 0 aliphatic carbocycles. The Morgan fingerprint density at radius 1 is 1.30 bits per heavy atom. The van der Waals surface area contributed by atoms with Crippen molar-refractivity contribution in [1.29, 1.82) is 0 Å². The van der Waals surface area contributed by atoms with E-state index in [0.717, 1.165) is 18.6 Å². The molecule has 4 heteroatoms. The molecule has 1 heterocycles. The molecule has 4 nitrogen and oxygen atoms in total. The van der Waals surface area contributed by atoms with Gasteiger partial charge in [0, 0.05) is 5.56 Å². The van der Waals surface area contributed by atoms with Gasteiger partial charge in [0.1, 0.15) is 5.75 Å². The number of β-amino-alcohol motifs (C(OH)–C–C–N with tert-alkyl or cyclic N) is 1. The lowest BCUT2D eigenvalue weighted by Crippen LogP contribution is -2.63. The first-order valence-electron chi connectivity index (χ1n) is 7.32. The number of benzene rings is 1. The van der Waals surface area contributed by atoms with Crippen molar-refractivity contribution in [3.63, 3.8) is 0 Å². The van der Waals surface area contributed by atoms with Crippen LogP contribution >= 0.6 is 0 Å². The highest BCUT2D eigenvalue weighted by Gasteiger charge is 2.42. The van der Waals surface area contributed by atoms with Gasteiger partial charge in [0.05, 0.1) is 25.3 Å². The van der Waals surface area contributed by atoms with Crippen LogP contribution in [0.4, 0.5) is 0 Å². The number of hydrogen-bond acceptors (Lipinski definition) is 3. The standard InChI is InChI=1S/C16H23NO3/c1-3-5-10-20-14-8-6-13(7-9-14)15(18)17-11-16(19,4-2)12-17/h6-9,19H,3-5,10-12H2,1-2H3. The first kappa shape index (κ1) is 14.9. The van der Waals surface area contributed by atoms with E-state index < -0.39 is 5.60 Å². The fraction of sp³-hybridized carbons (Fsp3) is 0.562. The lowest BCUT2D eigenvalue weighted by molar-refractivity contribution is -0.0826. The van der Waals surface area contributed by atoms with Crippen molar-refractivity contribution in [3.05, 3.63) is 29.8 Å². The summed E-state index contributed by atoms with van der Waals surface area (Å²) in [6, 6.07) is 7.23. The van der Waals surface area contributed by atoms with Gasteiger partial charge in [-0.15, -0.1) is 0 Å². The van der Waals surface area contributed by atoms with Crippen molar-refractivity contribution in [2.75, 3.05) is 19.7 Å². The van der Waals surface area contributed by atoms with Gasteiger partial charge >= 0.3 is 0 Å². The first-order chi connectivity index (χ1) is 9.58. The zero-order valence-electron chi connectivity index (χ0n) is 12.3. The van der Waals surface area contributed by atoms with Crippen LogP contribution < -0.4 is 4.74 Å². The van der Waals surface area contributed by atoms with E-state index in [2.05, 4.69) is 6.92 Å². The summed E-state index contributed by atoms with van der Waals surface area (Å²) >= 11 is 0. The summed E-state index contributed by atoms with van der Waals surface area (Å²) in [5.41, 5.74) is -0.0372. The van der Waals surface area contributed by atoms with Crippen molar-refractivity contribution < 1.29 is 14.6 Å². The van der Waals surface area contributed by atoms with Crippen LogP contribution in [0.3, 0.4) is 0 Å². The lowest BCUT2D eigenvalue weighted by Gasteiger charge is -2.46. The van der Waals surface area contributed by atoms with Crippen LogP contribution in [0.5, 0.6) is 5.75 Å². The Labute approximate surface area is 120 Å². The quantitative estimate of drug-likeness (QED) is 0.813. The predicted molar refractivity (Wildman–Crippen MR) is 78.0 cm³/mol. The van der Waals surface area contributed by atoms with Gasteiger partial charge in [-0.25, -0.2) is 0 Å². The Kier molecular flexibility index (Phi) is 4.65. The summed E-state index contributed by atoms with van der Waals surface area (Å²) in [5, 5.41) is 9.94. The normalized spacial score (nSPS) is 16.6. The van der Waals surface area contributed by atoms with E-state index in [9.17, 15) is 9.90 Å². The van der Waals surface area contributed by atoms with Gasteiger partial charge in [0.2, 0.25) is 0 Å². The van der Waals surface area contributed by atoms with Crippen LogP contribution in [0, 0.1) is 0 Å². The van der Waals surface area contributed by atoms with Crippen molar-refractivity contribution in [1.82, 2.24) is 4.90 Å². The number of rotatable bonds is 6. The Morgan fingerprint density at radius 2 is 1.95 bits per heavy atom.